The topological polar surface area (TPSA) is 107 Å². The van der Waals surface area contributed by atoms with E-state index >= 15 is 0 Å². The second-order valence-corrected chi connectivity index (χ2v) is 6.11. The number of rotatable bonds is 5. The first-order chi connectivity index (χ1) is 10.1. The predicted octanol–water partition coefficient (Wildman–Crippen LogP) is 0.185. The molecule has 1 amide bonds. The Labute approximate surface area is 122 Å². The number of hydrogen-bond acceptors (Lipinski definition) is 4. The third-order valence-corrected chi connectivity index (χ3v) is 4.62. The summed E-state index contributed by atoms with van der Waals surface area (Å²) in [6.45, 7) is 1.05. The predicted molar refractivity (Wildman–Crippen MR) is 74.5 cm³/mol. The summed E-state index contributed by atoms with van der Waals surface area (Å²) >= 11 is 0. The zero-order valence-corrected chi connectivity index (χ0v) is 11.8. The molecular weight excluding hydrogens is 272 g/mol. The van der Waals surface area contributed by atoms with Gasteiger partial charge >= 0.3 is 5.97 Å². The number of aliphatic carboxylic acids is 1. The van der Waals surface area contributed by atoms with E-state index in [0.29, 0.717) is 19.5 Å². The molecule has 1 aromatic heterocycles. The first-order valence-corrected chi connectivity index (χ1v) is 7.32. The molecule has 1 fully saturated rings. The van der Waals surface area contributed by atoms with Gasteiger partial charge in [0.15, 0.2) is 0 Å². The molecule has 3 rings (SSSR count). The van der Waals surface area contributed by atoms with Gasteiger partial charge in [-0.25, -0.2) is 4.98 Å². The molecule has 7 heteroatoms. The minimum atomic E-state index is -0.791. The molecule has 21 heavy (non-hydrogen) atoms. The Kier molecular flexibility index (Phi) is 3.67. The summed E-state index contributed by atoms with van der Waals surface area (Å²) in [5.41, 5.74) is 1.71. The normalized spacial score (nSPS) is 23.0. The molecule has 0 spiro atoms. The fourth-order valence-corrected chi connectivity index (χ4v) is 3.17. The molecule has 1 aliphatic carbocycles. The van der Waals surface area contributed by atoms with Gasteiger partial charge in [0.05, 0.1) is 30.2 Å². The average molecular weight is 292 g/mol. The molecule has 0 radical (unpaired) electrons. The molecule has 1 saturated carbocycles. The highest BCUT2D eigenvalue weighted by molar-refractivity contribution is 5.82. The van der Waals surface area contributed by atoms with Gasteiger partial charge in [-0.1, -0.05) is 6.42 Å². The Balaban J connectivity index is 1.54. The highest BCUT2D eigenvalue weighted by Gasteiger charge is 2.39. The monoisotopic (exact) mass is 292 g/mol. The van der Waals surface area contributed by atoms with E-state index < -0.39 is 5.97 Å². The minimum Gasteiger partial charge on any atom is -0.481 e. The van der Waals surface area contributed by atoms with Gasteiger partial charge in [-0.15, -0.1) is 0 Å². The number of amides is 1. The number of carboxylic acid groups (broad SMARTS) is 1. The number of carbonyl (C=O) groups is 2. The van der Waals surface area contributed by atoms with Gasteiger partial charge in [-0.3, -0.25) is 14.9 Å². The van der Waals surface area contributed by atoms with Gasteiger partial charge in [-0.05, 0) is 18.3 Å². The lowest BCUT2D eigenvalue weighted by molar-refractivity contribution is -0.142. The zero-order valence-electron chi connectivity index (χ0n) is 11.8. The van der Waals surface area contributed by atoms with Crippen LogP contribution in [0.5, 0.6) is 0 Å². The summed E-state index contributed by atoms with van der Waals surface area (Å²) in [5.74, 6) is -0.860. The van der Waals surface area contributed by atoms with Crippen LogP contribution in [0.4, 0.5) is 0 Å². The number of aromatic nitrogens is 2. The van der Waals surface area contributed by atoms with Crippen LogP contribution in [0.25, 0.3) is 0 Å². The quantitative estimate of drug-likeness (QED) is 0.619. The van der Waals surface area contributed by atoms with Crippen molar-refractivity contribution in [2.24, 2.45) is 5.41 Å². The van der Waals surface area contributed by atoms with Crippen LogP contribution < -0.4 is 10.6 Å². The summed E-state index contributed by atoms with van der Waals surface area (Å²) < 4.78 is 0. The maximum atomic E-state index is 12.2. The van der Waals surface area contributed by atoms with Crippen molar-refractivity contribution in [2.45, 2.75) is 44.7 Å². The van der Waals surface area contributed by atoms with Crippen molar-refractivity contribution < 1.29 is 14.7 Å². The van der Waals surface area contributed by atoms with E-state index in [2.05, 4.69) is 20.6 Å². The minimum absolute atomic E-state index is 0.0692. The third kappa shape index (κ3) is 2.92. The first kappa shape index (κ1) is 14.1. The Bertz CT molecular complexity index is 550. The van der Waals surface area contributed by atoms with Crippen LogP contribution in [0, 0.1) is 5.41 Å². The van der Waals surface area contributed by atoms with Crippen LogP contribution in [-0.4, -0.2) is 39.5 Å². The lowest BCUT2D eigenvalue weighted by Gasteiger charge is -2.41. The third-order valence-electron chi connectivity index (χ3n) is 4.62. The number of nitrogens with zero attached hydrogens (tertiary/aromatic N) is 1. The molecule has 2 aliphatic rings. The van der Waals surface area contributed by atoms with Gasteiger partial charge in [0.1, 0.15) is 0 Å². The van der Waals surface area contributed by atoms with E-state index in [-0.39, 0.29) is 23.8 Å². The molecule has 7 nitrogen and oxygen atoms in total. The Morgan fingerprint density at radius 1 is 1.48 bits per heavy atom. The molecule has 114 valence electrons. The lowest BCUT2D eigenvalue weighted by Crippen LogP contribution is -2.51. The summed E-state index contributed by atoms with van der Waals surface area (Å²) in [6.07, 6.45) is 5.14. The Morgan fingerprint density at radius 2 is 2.29 bits per heavy atom. The first-order valence-electron chi connectivity index (χ1n) is 7.32. The Morgan fingerprint density at radius 3 is 2.95 bits per heavy atom. The molecular formula is C14H20N4O3. The summed E-state index contributed by atoms with van der Waals surface area (Å²) in [5, 5.41) is 15.1. The number of carboxylic acids is 1. The summed E-state index contributed by atoms with van der Waals surface area (Å²) in [6, 6.07) is -0.289. The van der Waals surface area contributed by atoms with Crippen molar-refractivity contribution in [3.63, 3.8) is 0 Å². The second-order valence-electron chi connectivity index (χ2n) is 6.11. The van der Waals surface area contributed by atoms with E-state index in [1.807, 2.05) is 0 Å². The number of fused-ring (bicyclic) bond motifs is 1. The highest BCUT2D eigenvalue weighted by Crippen LogP contribution is 2.43. The van der Waals surface area contributed by atoms with Crippen LogP contribution >= 0.6 is 0 Å². The van der Waals surface area contributed by atoms with Crippen molar-refractivity contribution in [3.05, 3.63) is 17.7 Å². The summed E-state index contributed by atoms with van der Waals surface area (Å²) in [4.78, 5) is 30.4. The van der Waals surface area contributed by atoms with E-state index in [1.165, 1.54) is 0 Å². The van der Waals surface area contributed by atoms with Crippen molar-refractivity contribution in [2.75, 3.05) is 6.54 Å². The molecule has 0 aromatic carbocycles. The lowest BCUT2D eigenvalue weighted by atomic mass is 9.66. The van der Waals surface area contributed by atoms with Crippen LogP contribution in [0.15, 0.2) is 6.33 Å². The fraction of sp³-hybridized carbons (Fsp3) is 0.643. The Hall–Kier alpha value is -1.89. The van der Waals surface area contributed by atoms with Gasteiger partial charge < -0.3 is 15.4 Å². The molecule has 0 saturated heterocycles. The van der Waals surface area contributed by atoms with Crippen molar-refractivity contribution in [1.82, 2.24) is 20.6 Å². The number of imidazole rings is 1. The second kappa shape index (κ2) is 5.48. The van der Waals surface area contributed by atoms with Gasteiger partial charge in [0.25, 0.3) is 0 Å². The van der Waals surface area contributed by atoms with Gasteiger partial charge in [-0.2, -0.15) is 0 Å². The number of hydrogen-bond donors (Lipinski definition) is 4. The van der Waals surface area contributed by atoms with E-state index in [1.54, 1.807) is 6.33 Å². The maximum Gasteiger partial charge on any atom is 0.303 e. The van der Waals surface area contributed by atoms with E-state index in [4.69, 9.17) is 5.11 Å². The van der Waals surface area contributed by atoms with Crippen LogP contribution in [0.1, 0.15) is 37.1 Å². The molecule has 1 aromatic rings. The zero-order chi connectivity index (χ0) is 14.9. The molecule has 1 atom stereocenters. The smallest absolute Gasteiger partial charge is 0.303 e. The van der Waals surface area contributed by atoms with Crippen LogP contribution in [0.3, 0.4) is 0 Å². The number of aromatic amines is 1. The SMILES string of the molecule is O=C(O)CC1(CNC(=O)C2Cc3nc[nH]c3CN2)CCC1. The van der Waals surface area contributed by atoms with E-state index in [0.717, 1.165) is 30.7 Å². The molecule has 4 N–H and O–H groups in total. The number of carbonyl (C=O) groups excluding carboxylic acids is 1. The maximum absolute atomic E-state index is 12.2. The largest absolute Gasteiger partial charge is 0.481 e. The molecule has 2 heterocycles. The van der Waals surface area contributed by atoms with Crippen molar-refractivity contribution in [3.8, 4) is 0 Å². The van der Waals surface area contributed by atoms with Gasteiger partial charge in [0.2, 0.25) is 5.91 Å². The van der Waals surface area contributed by atoms with E-state index in [9.17, 15) is 9.59 Å². The standard InChI is InChI=1S/C14H20N4O3/c19-12(20)5-14(2-1-3-14)7-16-13(21)10-4-9-11(6-15-10)18-8-17-9/h8,10,15H,1-7H2,(H,16,21)(H,17,18)(H,19,20). The number of nitrogens with one attached hydrogen (secondary N) is 3. The molecule has 0 bridgehead atoms. The molecule has 1 unspecified atom stereocenters. The fourth-order valence-electron chi connectivity index (χ4n) is 3.17. The van der Waals surface area contributed by atoms with Crippen molar-refractivity contribution in [1.29, 1.82) is 0 Å². The van der Waals surface area contributed by atoms with Crippen molar-refractivity contribution >= 4 is 11.9 Å². The highest BCUT2D eigenvalue weighted by atomic mass is 16.4. The summed E-state index contributed by atoms with van der Waals surface area (Å²) in [7, 11) is 0. The average Bonchev–Trinajstić information content (AvgIpc) is 2.88. The van der Waals surface area contributed by atoms with Crippen LogP contribution in [0.2, 0.25) is 0 Å². The van der Waals surface area contributed by atoms with Gasteiger partial charge in [0, 0.05) is 19.5 Å². The number of H-pyrrole nitrogens is 1. The van der Waals surface area contributed by atoms with Crippen LogP contribution in [-0.2, 0) is 22.6 Å². The molecule has 1 aliphatic heterocycles.